The third-order valence-corrected chi connectivity index (χ3v) is 3.68. The summed E-state index contributed by atoms with van der Waals surface area (Å²) < 4.78 is 5.03. The molecule has 1 rings (SSSR count). The summed E-state index contributed by atoms with van der Waals surface area (Å²) in [5, 5.41) is 0.516. The molecule has 1 atom stereocenters. The Kier molecular flexibility index (Phi) is 5.32. The number of carbonyl (C=O) groups is 1. The van der Waals surface area contributed by atoms with E-state index >= 15 is 0 Å². The fourth-order valence-electron chi connectivity index (χ4n) is 1.10. The molecule has 0 saturated carbocycles. The number of nitrogens with zero attached hydrogens (tertiary/aromatic N) is 1. The van der Waals surface area contributed by atoms with Crippen molar-refractivity contribution < 1.29 is 9.53 Å². The van der Waals surface area contributed by atoms with E-state index in [0.717, 1.165) is 6.42 Å². The minimum absolute atomic E-state index is 0.108. The fraction of sp³-hybridized carbons (Fsp3) is 0.500. The normalized spacial score (nSPS) is 12.2. The molecule has 3 nitrogen and oxygen atoms in total. The molecule has 0 amide bonds. The maximum atomic E-state index is 11.8. The zero-order valence-corrected chi connectivity index (χ0v) is 10.7. The quantitative estimate of drug-likeness (QED) is 0.716. The number of hydrogen-bond acceptors (Lipinski definition) is 4. The molecule has 0 N–H and O–H groups in total. The summed E-state index contributed by atoms with van der Waals surface area (Å²) in [5.41, 5.74) is 0.621. The van der Waals surface area contributed by atoms with Gasteiger partial charge in [-0.2, -0.15) is 11.8 Å². The molecule has 0 spiro atoms. The van der Waals surface area contributed by atoms with E-state index in [-0.39, 0.29) is 5.78 Å². The van der Waals surface area contributed by atoms with Crippen molar-refractivity contribution in [2.45, 2.75) is 25.5 Å². The maximum Gasteiger partial charge on any atom is 0.174 e. The Bertz CT molecular complexity index is 355. The minimum atomic E-state index is 0.108. The standard InChI is InChI=1S/C12H17NO2S/c1-4-9(2)16-8-12(14)10-5-11(15-3)7-13-6-10/h5-7,9H,4,8H2,1-3H3. The highest BCUT2D eigenvalue weighted by molar-refractivity contribution is 8.00. The first kappa shape index (κ1) is 13.0. The van der Waals surface area contributed by atoms with Crippen molar-refractivity contribution in [3.05, 3.63) is 24.0 Å². The Labute approximate surface area is 101 Å². The van der Waals surface area contributed by atoms with Crippen molar-refractivity contribution >= 4 is 17.5 Å². The molecule has 4 heteroatoms. The van der Waals surface area contributed by atoms with Crippen LogP contribution in [0.1, 0.15) is 30.6 Å². The zero-order valence-electron chi connectivity index (χ0n) is 9.90. The average molecular weight is 239 g/mol. The number of pyridine rings is 1. The van der Waals surface area contributed by atoms with Crippen molar-refractivity contribution in [1.29, 1.82) is 0 Å². The molecule has 0 aliphatic carbocycles. The molecule has 16 heavy (non-hydrogen) atoms. The molecule has 0 bridgehead atoms. The van der Waals surface area contributed by atoms with Gasteiger partial charge in [0.2, 0.25) is 0 Å². The lowest BCUT2D eigenvalue weighted by atomic mass is 10.2. The van der Waals surface area contributed by atoms with Gasteiger partial charge in [0.05, 0.1) is 19.1 Å². The van der Waals surface area contributed by atoms with Crippen LogP contribution in [0, 0.1) is 0 Å². The first-order chi connectivity index (χ1) is 7.67. The summed E-state index contributed by atoms with van der Waals surface area (Å²) in [5.74, 6) is 1.24. The highest BCUT2D eigenvalue weighted by Crippen LogP contribution is 2.17. The number of aromatic nitrogens is 1. The second-order valence-electron chi connectivity index (χ2n) is 3.57. The maximum absolute atomic E-state index is 11.8. The van der Waals surface area contributed by atoms with E-state index in [1.807, 2.05) is 0 Å². The molecule has 1 aromatic rings. The highest BCUT2D eigenvalue weighted by atomic mass is 32.2. The number of methoxy groups -OCH3 is 1. The molecular weight excluding hydrogens is 222 g/mol. The third-order valence-electron chi connectivity index (χ3n) is 2.34. The van der Waals surface area contributed by atoms with Gasteiger partial charge in [0.15, 0.2) is 5.78 Å². The highest BCUT2D eigenvalue weighted by Gasteiger charge is 2.09. The van der Waals surface area contributed by atoms with Crippen LogP contribution in [0.4, 0.5) is 0 Å². The molecule has 0 aliphatic heterocycles. The fourth-order valence-corrected chi connectivity index (χ4v) is 1.94. The van der Waals surface area contributed by atoms with Crippen LogP contribution in [0.5, 0.6) is 5.75 Å². The Balaban J connectivity index is 2.58. The SMILES string of the molecule is CCC(C)SCC(=O)c1cncc(OC)c1. The monoisotopic (exact) mass is 239 g/mol. The molecule has 88 valence electrons. The van der Waals surface area contributed by atoms with E-state index in [9.17, 15) is 4.79 Å². The van der Waals surface area contributed by atoms with Crippen molar-refractivity contribution in [3.63, 3.8) is 0 Å². The van der Waals surface area contributed by atoms with Crippen molar-refractivity contribution in [2.24, 2.45) is 0 Å². The summed E-state index contributed by atoms with van der Waals surface area (Å²) in [6.45, 7) is 4.25. The molecule has 0 aromatic carbocycles. The van der Waals surface area contributed by atoms with E-state index in [4.69, 9.17) is 4.74 Å². The summed E-state index contributed by atoms with van der Waals surface area (Å²) in [6, 6.07) is 1.73. The molecule has 0 aliphatic rings. The average Bonchev–Trinajstić information content (AvgIpc) is 2.35. The zero-order chi connectivity index (χ0) is 12.0. The van der Waals surface area contributed by atoms with Crippen molar-refractivity contribution in [3.8, 4) is 5.75 Å². The first-order valence-corrected chi connectivity index (χ1v) is 6.36. The van der Waals surface area contributed by atoms with Gasteiger partial charge in [0.1, 0.15) is 5.75 Å². The van der Waals surface area contributed by atoms with Gasteiger partial charge < -0.3 is 4.74 Å². The van der Waals surface area contributed by atoms with E-state index in [1.165, 1.54) is 0 Å². The lowest BCUT2D eigenvalue weighted by Crippen LogP contribution is -2.06. The Morgan fingerprint density at radius 3 is 2.94 bits per heavy atom. The summed E-state index contributed by atoms with van der Waals surface area (Å²) in [6.07, 6.45) is 4.26. The number of rotatable bonds is 6. The minimum Gasteiger partial charge on any atom is -0.495 e. The smallest absolute Gasteiger partial charge is 0.174 e. The molecule has 0 radical (unpaired) electrons. The van der Waals surface area contributed by atoms with Gasteiger partial charge in [-0.25, -0.2) is 0 Å². The first-order valence-electron chi connectivity index (χ1n) is 5.31. The molecule has 1 aromatic heterocycles. The number of ether oxygens (including phenoxy) is 1. The van der Waals surface area contributed by atoms with Gasteiger partial charge in [0, 0.05) is 17.0 Å². The van der Waals surface area contributed by atoms with Crippen LogP contribution in [-0.4, -0.2) is 28.9 Å². The number of carbonyl (C=O) groups excluding carboxylic acids is 1. The summed E-state index contributed by atoms with van der Waals surface area (Å²) in [4.78, 5) is 15.8. The van der Waals surface area contributed by atoms with Crippen LogP contribution in [-0.2, 0) is 0 Å². The molecule has 0 saturated heterocycles. The second kappa shape index (κ2) is 6.53. The lowest BCUT2D eigenvalue weighted by Gasteiger charge is -2.07. The van der Waals surface area contributed by atoms with Crippen molar-refractivity contribution in [2.75, 3.05) is 12.9 Å². The lowest BCUT2D eigenvalue weighted by molar-refractivity contribution is 0.102. The van der Waals surface area contributed by atoms with Crippen LogP contribution in [0.2, 0.25) is 0 Å². The van der Waals surface area contributed by atoms with E-state index in [1.54, 1.807) is 37.3 Å². The Morgan fingerprint density at radius 1 is 1.56 bits per heavy atom. The van der Waals surface area contributed by atoms with Crippen LogP contribution in [0.15, 0.2) is 18.5 Å². The van der Waals surface area contributed by atoms with Crippen LogP contribution in [0.25, 0.3) is 0 Å². The third kappa shape index (κ3) is 3.85. The van der Waals surface area contributed by atoms with Crippen LogP contribution < -0.4 is 4.74 Å². The Morgan fingerprint density at radius 2 is 2.31 bits per heavy atom. The van der Waals surface area contributed by atoms with Gasteiger partial charge in [-0.05, 0) is 12.5 Å². The van der Waals surface area contributed by atoms with Crippen LogP contribution >= 0.6 is 11.8 Å². The van der Waals surface area contributed by atoms with Gasteiger partial charge in [-0.15, -0.1) is 0 Å². The predicted octanol–water partition coefficient (Wildman–Crippen LogP) is 2.80. The van der Waals surface area contributed by atoms with Gasteiger partial charge in [-0.1, -0.05) is 13.8 Å². The number of hydrogen-bond donors (Lipinski definition) is 0. The second-order valence-corrected chi connectivity index (χ2v) is 4.99. The van der Waals surface area contributed by atoms with Gasteiger partial charge in [-0.3, -0.25) is 9.78 Å². The summed E-state index contributed by atoms with van der Waals surface area (Å²) >= 11 is 1.67. The van der Waals surface area contributed by atoms with Gasteiger partial charge in [0.25, 0.3) is 0 Å². The number of Topliss-reactive ketones (excluding diaryl/α,β-unsaturated/α-hetero) is 1. The van der Waals surface area contributed by atoms with E-state index in [0.29, 0.717) is 22.3 Å². The van der Waals surface area contributed by atoms with Gasteiger partial charge >= 0.3 is 0 Å². The topological polar surface area (TPSA) is 39.2 Å². The number of ketones is 1. The molecule has 0 fully saturated rings. The molecule has 1 unspecified atom stereocenters. The number of thioether (sulfide) groups is 1. The predicted molar refractivity (Wildman–Crippen MR) is 67.3 cm³/mol. The van der Waals surface area contributed by atoms with E-state index in [2.05, 4.69) is 18.8 Å². The Hall–Kier alpha value is -1.03. The summed E-state index contributed by atoms with van der Waals surface area (Å²) in [7, 11) is 1.57. The van der Waals surface area contributed by atoms with E-state index < -0.39 is 0 Å². The molecule has 1 heterocycles. The van der Waals surface area contributed by atoms with Crippen molar-refractivity contribution in [1.82, 2.24) is 4.98 Å². The molecular formula is C12H17NO2S. The largest absolute Gasteiger partial charge is 0.495 e. The van der Waals surface area contributed by atoms with Crippen LogP contribution in [0.3, 0.4) is 0 Å².